The molecule has 8 atom stereocenters. The van der Waals surface area contributed by atoms with Gasteiger partial charge in [-0.25, -0.2) is 4.79 Å². The van der Waals surface area contributed by atoms with Crippen LogP contribution in [0.15, 0.2) is 12.2 Å². The molecule has 1 heterocycles. The van der Waals surface area contributed by atoms with Crippen LogP contribution in [0.1, 0.15) is 39.5 Å². The lowest BCUT2D eigenvalue weighted by Crippen LogP contribution is -2.61. The highest BCUT2D eigenvalue weighted by molar-refractivity contribution is 5.88. The van der Waals surface area contributed by atoms with Crippen molar-refractivity contribution >= 4 is 18.2 Å². The van der Waals surface area contributed by atoms with Crippen LogP contribution in [-0.4, -0.2) is 53.4 Å². The first-order valence-corrected chi connectivity index (χ1v) is 9.58. The Morgan fingerprint density at radius 2 is 2.15 bits per heavy atom. The molecule has 0 spiro atoms. The zero-order valence-corrected chi connectivity index (χ0v) is 15.8. The van der Waals surface area contributed by atoms with Gasteiger partial charge in [-0.15, -0.1) is 0 Å². The fraction of sp³-hybridized carbons (Fsp3) is 0.750. The minimum atomic E-state index is -0.696. The lowest BCUT2D eigenvalue weighted by Gasteiger charge is -2.55. The number of hydrogen-bond acceptors (Lipinski definition) is 7. The molecular weight excluding hydrogens is 352 g/mol. The maximum atomic E-state index is 12.4. The normalized spacial score (nSPS) is 43.3. The molecule has 0 amide bonds. The summed E-state index contributed by atoms with van der Waals surface area (Å²) in [6, 6.07) is 0. The van der Waals surface area contributed by atoms with Crippen molar-refractivity contribution in [1.29, 1.82) is 0 Å². The van der Waals surface area contributed by atoms with Gasteiger partial charge in [-0.3, -0.25) is 4.79 Å². The molecule has 7 heteroatoms. The monoisotopic (exact) mass is 380 g/mol. The minimum absolute atomic E-state index is 0.111. The fourth-order valence-corrected chi connectivity index (χ4v) is 5.37. The number of carbonyl (C=O) groups excluding carboxylic acids is 3. The molecule has 2 aliphatic carbocycles. The molecule has 150 valence electrons. The van der Waals surface area contributed by atoms with Gasteiger partial charge in [-0.05, 0) is 19.3 Å². The van der Waals surface area contributed by atoms with Crippen LogP contribution in [0.25, 0.3) is 0 Å². The summed E-state index contributed by atoms with van der Waals surface area (Å²) in [5.74, 6) is -2.41. The Morgan fingerprint density at radius 3 is 2.78 bits per heavy atom. The highest BCUT2D eigenvalue weighted by Gasteiger charge is 2.64. The van der Waals surface area contributed by atoms with Gasteiger partial charge in [0.1, 0.15) is 18.5 Å². The maximum Gasteiger partial charge on any atom is 0.333 e. The highest BCUT2D eigenvalue weighted by atomic mass is 16.6. The number of esters is 2. The third-order valence-electron chi connectivity index (χ3n) is 6.90. The summed E-state index contributed by atoms with van der Waals surface area (Å²) in [7, 11) is 0. The van der Waals surface area contributed by atoms with Crippen molar-refractivity contribution in [2.75, 3.05) is 6.61 Å². The standard InChI is InChI=1S/C20H28O7/c1-10(6-7-21)18(24)26-13-8-20(3)14(23)5-4-12(9-22)16(20)17-15(13)11(2)19(25)27-17/h9,11-17,21,23H,1,4-8H2,2-3H3/t11-,12+,13-,14+,15+,16+,17-,20-/m0/s1. The second kappa shape index (κ2) is 7.36. The van der Waals surface area contributed by atoms with E-state index in [1.54, 1.807) is 6.92 Å². The lowest BCUT2D eigenvalue weighted by atomic mass is 9.51. The Balaban J connectivity index is 1.94. The largest absolute Gasteiger partial charge is 0.461 e. The molecule has 0 radical (unpaired) electrons. The van der Waals surface area contributed by atoms with Crippen molar-refractivity contribution in [3.63, 3.8) is 0 Å². The van der Waals surface area contributed by atoms with Gasteiger partial charge in [0.05, 0.1) is 12.0 Å². The third-order valence-corrected chi connectivity index (χ3v) is 6.90. The highest BCUT2D eigenvalue weighted by Crippen LogP contribution is 2.58. The predicted molar refractivity (Wildman–Crippen MR) is 94.3 cm³/mol. The van der Waals surface area contributed by atoms with Crippen LogP contribution < -0.4 is 0 Å². The van der Waals surface area contributed by atoms with Gasteiger partial charge in [-0.2, -0.15) is 0 Å². The Labute approximate surface area is 158 Å². The number of hydrogen-bond donors (Lipinski definition) is 2. The molecule has 1 saturated heterocycles. The summed E-state index contributed by atoms with van der Waals surface area (Å²) in [6.07, 6.45) is 0.534. The molecule has 1 aliphatic heterocycles. The van der Waals surface area contributed by atoms with Gasteiger partial charge < -0.3 is 24.5 Å². The maximum absolute atomic E-state index is 12.4. The Kier molecular flexibility index (Phi) is 5.45. The Bertz CT molecular complexity index is 644. The van der Waals surface area contributed by atoms with E-state index in [0.29, 0.717) is 19.3 Å². The molecule has 0 aromatic carbocycles. The second-order valence-corrected chi connectivity index (χ2v) is 8.42. The van der Waals surface area contributed by atoms with Gasteiger partial charge in [0, 0.05) is 41.8 Å². The molecule has 3 fully saturated rings. The molecule has 0 unspecified atom stereocenters. The SMILES string of the molecule is C=C(CCO)C(=O)O[C@H]1C[C@]2(C)[C@@H]([C@H]3OC(=O)[C@@H](C)[C@@H]31)[C@@H](C=O)CC[C@H]2O. The number of aliphatic hydroxyl groups is 2. The van der Waals surface area contributed by atoms with Crippen molar-refractivity contribution in [3.8, 4) is 0 Å². The Morgan fingerprint density at radius 1 is 1.44 bits per heavy atom. The summed E-state index contributed by atoms with van der Waals surface area (Å²) in [6.45, 7) is 7.06. The summed E-state index contributed by atoms with van der Waals surface area (Å²) in [5.41, 5.74) is -0.535. The van der Waals surface area contributed by atoms with E-state index in [-0.39, 0.29) is 42.3 Å². The average molecular weight is 380 g/mol. The molecule has 2 saturated carbocycles. The van der Waals surface area contributed by atoms with Gasteiger partial charge >= 0.3 is 11.9 Å². The van der Waals surface area contributed by atoms with Crippen molar-refractivity contribution in [2.45, 2.75) is 57.8 Å². The molecule has 3 aliphatic rings. The van der Waals surface area contributed by atoms with Crippen LogP contribution in [-0.2, 0) is 23.9 Å². The van der Waals surface area contributed by atoms with Crippen LogP contribution in [0.3, 0.4) is 0 Å². The van der Waals surface area contributed by atoms with Crippen LogP contribution in [0.2, 0.25) is 0 Å². The Hall–Kier alpha value is -1.73. The number of rotatable bonds is 5. The van der Waals surface area contributed by atoms with E-state index in [9.17, 15) is 19.5 Å². The first kappa shape index (κ1) is 20.0. The minimum Gasteiger partial charge on any atom is -0.461 e. The summed E-state index contributed by atoms with van der Waals surface area (Å²) < 4.78 is 11.3. The zero-order valence-electron chi connectivity index (χ0n) is 15.8. The smallest absolute Gasteiger partial charge is 0.333 e. The van der Waals surface area contributed by atoms with Crippen LogP contribution in [0.5, 0.6) is 0 Å². The first-order chi connectivity index (χ1) is 12.7. The number of aldehydes is 1. The van der Waals surface area contributed by atoms with Crippen LogP contribution in [0, 0.1) is 29.1 Å². The van der Waals surface area contributed by atoms with E-state index in [2.05, 4.69) is 6.58 Å². The van der Waals surface area contributed by atoms with Crippen molar-refractivity contribution in [3.05, 3.63) is 12.2 Å². The summed E-state index contributed by atoms with van der Waals surface area (Å²) >= 11 is 0. The van der Waals surface area contributed by atoms with Crippen molar-refractivity contribution in [1.82, 2.24) is 0 Å². The third kappa shape index (κ3) is 3.21. The van der Waals surface area contributed by atoms with Gasteiger partial charge in [-0.1, -0.05) is 20.4 Å². The predicted octanol–water partition coefficient (Wildman–Crippen LogP) is 1.01. The van der Waals surface area contributed by atoms with Gasteiger partial charge in [0.25, 0.3) is 0 Å². The number of carbonyl (C=O) groups is 3. The second-order valence-electron chi connectivity index (χ2n) is 8.42. The van der Waals surface area contributed by atoms with E-state index in [1.165, 1.54) is 0 Å². The molecule has 0 bridgehead atoms. The number of aliphatic hydroxyl groups excluding tert-OH is 2. The van der Waals surface area contributed by atoms with Crippen LogP contribution >= 0.6 is 0 Å². The molecule has 3 rings (SSSR count). The molecule has 2 N–H and O–H groups in total. The van der Waals surface area contributed by atoms with Gasteiger partial charge in [0.2, 0.25) is 0 Å². The molecule has 0 aromatic heterocycles. The van der Waals surface area contributed by atoms with Gasteiger partial charge in [0.15, 0.2) is 0 Å². The topological polar surface area (TPSA) is 110 Å². The average Bonchev–Trinajstić information content (AvgIpc) is 2.91. The van der Waals surface area contributed by atoms with E-state index in [1.807, 2.05) is 6.92 Å². The molecule has 0 aromatic rings. The summed E-state index contributed by atoms with van der Waals surface area (Å²) in [5, 5.41) is 19.7. The molecular formula is C20H28O7. The quantitative estimate of drug-likeness (QED) is 0.416. The number of ether oxygens (including phenoxy) is 2. The van der Waals surface area contributed by atoms with Crippen LogP contribution in [0.4, 0.5) is 0 Å². The van der Waals surface area contributed by atoms with Crippen molar-refractivity contribution in [2.24, 2.45) is 29.1 Å². The van der Waals surface area contributed by atoms with E-state index in [0.717, 1.165) is 6.29 Å². The first-order valence-electron chi connectivity index (χ1n) is 9.58. The summed E-state index contributed by atoms with van der Waals surface area (Å²) in [4.78, 5) is 36.4. The van der Waals surface area contributed by atoms with E-state index < -0.39 is 35.6 Å². The molecule has 27 heavy (non-hydrogen) atoms. The van der Waals surface area contributed by atoms with E-state index >= 15 is 0 Å². The lowest BCUT2D eigenvalue weighted by molar-refractivity contribution is -0.196. The molecule has 7 nitrogen and oxygen atoms in total. The fourth-order valence-electron chi connectivity index (χ4n) is 5.37. The zero-order chi connectivity index (χ0) is 19.9. The number of fused-ring (bicyclic) bond motifs is 3. The van der Waals surface area contributed by atoms with Crippen molar-refractivity contribution < 1.29 is 34.1 Å². The van der Waals surface area contributed by atoms with E-state index in [4.69, 9.17) is 14.6 Å².